The number of halogens is 4. The molecular formula is C19H17ClF3N5O. The van der Waals surface area contributed by atoms with Gasteiger partial charge in [-0.1, -0.05) is 11.6 Å². The van der Waals surface area contributed by atoms with Gasteiger partial charge in [0.15, 0.2) is 0 Å². The van der Waals surface area contributed by atoms with Gasteiger partial charge < -0.3 is 10.3 Å². The van der Waals surface area contributed by atoms with Crippen LogP contribution in [0.2, 0.25) is 5.02 Å². The molecule has 3 N–H and O–H groups in total. The van der Waals surface area contributed by atoms with Crippen LogP contribution in [-0.2, 0) is 0 Å². The van der Waals surface area contributed by atoms with E-state index in [0.29, 0.717) is 40.1 Å². The van der Waals surface area contributed by atoms with Crippen LogP contribution >= 0.6 is 11.6 Å². The lowest BCUT2D eigenvalue weighted by molar-refractivity contribution is -0.0382. The van der Waals surface area contributed by atoms with Crippen molar-refractivity contribution in [1.82, 2.24) is 15.0 Å². The van der Waals surface area contributed by atoms with Crippen molar-refractivity contribution in [3.05, 3.63) is 47.1 Å². The molecule has 0 radical (unpaired) electrons. The number of fused-ring (bicyclic) bond motifs is 1. The highest BCUT2D eigenvalue weighted by atomic mass is 35.5. The number of aromatic nitrogens is 3. The van der Waals surface area contributed by atoms with Crippen molar-refractivity contribution in [3.63, 3.8) is 0 Å². The number of carbonyl (C=O) groups excluding carboxylic acids is 1. The van der Waals surface area contributed by atoms with Crippen LogP contribution < -0.4 is 10.6 Å². The van der Waals surface area contributed by atoms with E-state index >= 15 is 0 Å². The van der Waals surface area contributed by atoms with E-state index in [1.165, 1.54) is 24.5 Å². The van der Waals surface area contributed by atoms with Crippen LogP contribution in [0, 0.1) is 5.82 Å². The topological polar surface area (TPSA) is 82.7 Å². The minimum absolute atomic E-state index is 0.0777. The third-order valence-electron chi connectivity index (χ3n) is 5.03. The molecule has 1 aliphatic rings. The fourth-order valence-electron chi connectivity index (χ4n) is 3.51. The Morgan fingerprint density at radius 2 is 1.93 bits per heavy atom. The highest BCUT2D eigenvalue weighted by molar-refractivity contribution is 6.31. The highest BCUT2D eigenvalue weighted by Crippen LogP contribution is 2.42. The van der Waals surface area contributed by atoms with Crippen molar-refractivity contribution in [2.45, 2.75) is 37.5 Å². The maximum Gasteiger partial charge on any atom is 0.324 e. The van der Waals surface area contributed by atoms with Gasteiger partial charge in [0.2, 0.25) is 5.92 Å². The number of anilines is 2. The average molecular weight is 424 g/mol. The van der Waals surface area contributed by atoms with E-state index in [4.69, 9.17) is 11.6 Å². The number of H-pyrrole nitrogens is 1. The summed E-state index contributed by atoms with van der Waals surface area (Å²) < 4.78 is 40.1. The minimum atomic E-state index is -2.61. The summed E-state index contributed by atoms with van der Waals surface area (Å²) in [4.78, 5) is 23.2. The number of urea groups is 1. The first-order valence-electron chi connectivity index (χ1n) is 9.05. The fourth-order valence-corrected chi connectivity index (χ4v) is 3.82. The van der Waals surface area contributed by atoms with Crippen LogP contribution in [0.15, 0.2) is 30.7 Å². The standard InChI is InChI=1S/C19H17ClF3N5O/c20-14-6-16(24-8-13(14)10-1-3-19(22,23)4-2-10)28-18(29)27-15-9-26-17-12(15)5-11(21)7-25-17/h5-10H,1-4H2,(H,25,26)(H2,24,27,28,29). The van der Waals surface area contributed by atoms with Crippen LogP contribution in [-0.4, -0.2) is 26.9 Å². The summed E-state index contributed by atoms with van der Waals surface area (Å²) in [5, 5.41) is 5.93. The first-order valence-corrected chi connectivity index (χ1v) is 9.42. The van der Waals surface area contributed by atoms with Crippen molar-refractivity contribution >= 4 is 40.2 Å². The van der Waals surface area contributed by atoms with E-state index in [2.05, 4.69) is 25.6 Å². The number of rotatable bonds is 3. The zero-order valence-electron chi connectivity index (χ0n) is 15.1. The van der Waals surface area contributed by atoms with E-state index in [9.17, 15) is 18.0 Å². The molecule has 1 saturated carbocycles. The average Bonchev–Trinajstić information content (AvgIpc) is 3.04. The minimum Gasteiger partial charge on any atom is -0.344 e. The molecule has 152 valence electrons. The lowest BCUT2D eigenvalue weighted by Crippen LogP contribution is -2.24. The van der Waals surface area contributed by atoms with Crippen LogP contribution in [0.3, 0.4) is 0 Å². The van der Waals surface area contributed by atoms with E-state index in [0.717, 1.165) is 6.20 Å². The molecular weight excluding hydrogens is 407 g/mol. The predicted molar refractivity (Wildman–Crippen MR) is 104 cm³/mol. The molecule has 4 rings (SSSR count). The Morgan fingerprint density at radius 1 is 1.17 bits per heavy atom. The smallest absolute Gasteiger partial charge is 0.324 e. The Bertz CT molecular complexity index is 1060. The predicted octanol–water partition coefficient (Wildman–Crippen LogP) is 5.69. The number of carbonyl (C=O) groups is 1. The van der Waals surface area contributed by atoms with Crippen LogP contribution in [0.1, 0.15) is 37.2 Å². The molecule has 0 saturated heterocycles. The molecule has 1 fully saturated rings. The Kier molecular flexibility index (Phi) is 5.08. The molecule has 3 aromatic heterocycles. The molecule has 0 bridgehead atoms. The summed E-state index contributed by atoms with van der Waals surface area (Å²) in [6.45, 7) is 0. The third kappa shape index (κ3) is 4.29. The Labute approximate surface area is 168 Å². The van der Waals surface area contributed by atoms with Crippen molar-refractivity contribution in [1.29, 1.82) is 0 Å². The van der Waals surface area contributed by atoms with Gasteiger partial charge in [0.1, 0.15) is 17.3 Å². The molecule has 0 aliphatic heterocycles. The summed E-state index contributed by atoms with van der Waals surface area (Å²) in [6, 6.07) is 2.15. The van der Waals surface area contributed by atoms with Gasteiger partial charge in [0, 0.05) is 35.6 Å². The summed E-state index contributed by atoms with van der Waals surface area (Å²) in [7, 11) is 0. The Hall–Kier alpha value is -2.81. The van der Waals surface area contributed by atoms with E-state index in [1.807, 2.05) is 0 Å². The lowest BCUT2D eigenvalue weighted by Gasteiger charge is -2.28. The van der Waals surface area contributed by atoms with Gasteiger partial charge in [0.25, 0.3) is 0 Å². The summed E-state index contributed by atoms with van der Waals surface area (Å²) in [5.41, 5.74) is 1.49. The quantitative estimate of drug-likeness (QED) is 0.506. The molecule has 3 aromatic rings. The molecule has 1 aliphatic carbocycles. The number of pyridine rings is 2. The summed E-state index contributed by atoms with van der Waals surface area (Å²) in [6.07, 6.45) is 4.42. The van der Waals surface area contributed by atoms with Crippen molar-refractivity contribution in [2.24, 2.45) is 0 Å². The second kappa shape index (κ2) is 7.55. The third-order valence-corrected chi connectivity index (χ3v) is 5.35. The molecule has 0 atom stereocenters. The van der Waals surface area contributed by atoms with Crippen LogP contribution in [0.4, 0.5) is 29.5 Å². The summed E-state index contributed by atoms with van der Waals surface area (Å²) >= 11 is 6.30. The second-order valence-electron chi connectivity index (χ2n) is 7.05. The number of amides is 2. The van der Waals surface area contributed by atoms with Crippen molar-refractivity contribution < 1.29 is 18.0 Å². The van der Waals surface area contributed by atoms with Crippen LogP contribution in [0.25, 0.3) is 11.0 Å². The van der Waals surface area contributed by atoms with E-state index in [1.54, 1.807) is 0 Å². The molecule has 2 amide bonds. The van der Waals surface area contributed by atoms with E-state index in [-0.39, 0.29) is 24.6 Å². The normalized spacial score (nSPS) is 16.7. The van der Waals surface area contributed by atoms with Gasteiger partial charge >= 0.3 is 6.03 Å². The monoisotopic (exact) mass is 423 g/mol. The zero-order chi connectivity index (χ0) is 20.6. The van der Waals surface area contributed by atoms with Gasteiger partial charge in [0.05, 0.1) is 11.9 Å². The van der Waals surface area contributed by atoms with Crippen molar-refractivity contribution in [2.75, 3.05) is 10.6 Å². The molecule has 3 heterocycles. The fraction of sp³-hybridized carbons (Fsp3) is 0.316. The highest BCUT2D eigenvalue weighted by Gasteiger charge is 2.36. The number of nitrogens with zero attached hydrogens (tertiary/aromatic N) is 2. The Morgan fingerprint density at radius 3 is 2.66 bits per heavy atom. The number of nitrogens with one attached hydrogen (secondary N) is 3. The number of hydrogen-bond donors (Lipinski definition) is 3. The van der Waals surface area contributed by atoms with Crippen molar-refractivity contribution in [3.8, 4) is 0 Å². The first-order chi connectivity index (χ1) is 13.8. The SMILES string of the molecule is O=C(Nc1cc(Cl)c(C2CCC(F)(F)CC2)cn1)Nc1c[nH]c2ncc(F)cc12. The largest absolute Gasteiger partial charge is 0.344 e. The van der Waals surface area contributed by atoms with Gasteiger partial charge in [-0.05, 0) is 36.5 Å². The van der Waals surface area contributed by atoms with Gasteiger partial charge in [-0.25, -0.2) is 27.9 Å². The lowest BCUT2D eigenvalue weighted by atomic mass is 9.83. The molecule has 10 heteroatoms. The maximum atomic E-state index is 13.4. The van der Waals surface area contributed by atoms with E-state index < -0.39 is 17.8 Å². The maximum absolute atomic E-state index is 13.4. The molecule has 29 heavy (non-hydrogen) atoms. The first kappa shape index (κ1) is 19.5. The number of alkyl halides is 2. The molecule has 0 aromatic carbocycles. The van der Waals surface area contributed by atoms with Gasteiger partial charge in [-0.15, -0.1) is 0 Å². The number of hydrogen-bond acceptors (Lipinski definition) is 3. The Balaban J connectivity index is 1.43. The molecule has 0 unspecified atom stereocenters. The van der Waals surface area contributed by atoms with Crippen LogP contribution in [0.5, 0.6) is 0 Å². The zero-order valence-corrected chi connectivity index (χ0v) is 15.9. The number of aromatic amines is 1. The molecule has 0 spiro atoms. The van der Waals surface area contributed by atoms with Gasteiger partial charge in [-0.2, -0.15) is 0 Å². The second-order valence-corrected chi connectivity index (χ2v) is 7.46. The molecule has 6 nitrogen and oxygen atoms in total. The summed E-state index contributed by atoms with van der Waals surface area (Å²) in [5.74, 6) is -3.01. The van der Waals surface area contributed by atoms with Gasteiger partial charge in [-0.3, -0.25) is 5.32 Å².